The summed E-state index contributed by atoms with van der Waals surface area (Å²) in [6.45, 7) is 0.914. The van der Waals surface area contributed by atoms with Gasteiger partial charge in [0.25, 0.3) is 5.91 Å². The van der Waals surface area contributed by atoms with Crippen LogP contribution < -0.4 is 10.1 Å². The SMILES string of the molecule is O=C(N[C@@H]1C=C[C@H](CO)C1)c1ccc(OCC2CC2)cc1. The Hall–Kier alpha value is -1.81. The molecular formula is C17H21NO3. The zero-order chi connectivity index (χ0) is 14.7. The molecule has 0 heterocycles. The second-order valence-electron chi connectivity index (χ2n) is 5.92. The molecule has 21 heavy (non-hydrogen) atoms. The molecular weight excluding hydrogens is 266 g/mol. The van der Waals surface area contributed by atoms with Crippen LogP contribution in [0, 0.1) is 11.8 Å². The van der Waals surface area contributed by atoms with Crippen LogP contribution in [0.15, 0.2) is 36.4 Å². The highest BCUT2D eigenvalue weighted by atomic mass is 16.5. The van der Waals surface area contributed by atoms with Gasteiger partial charge in [-0.3, -0.25) is 4.79 Å². The van der Waals surface area contributed by atoms with E-state index in [1.54, 1.807) is 12.1 Å². The van der Waals surface area contributed by atoms with E-state index >= 15 is 0 Å². The van der Waals surface area contributed by atoms with Crippen molar-refractivity contribution in [3.05, 3.63) is 42.0 Å². The molecule has 1 aromatic rings. The molecule has 2 atom stereocenters. The molecule has 0 aliphatic heterocycles. The number of nitrogens with one attached hydrogen (secondary N) is 1. The van der Waals surface area contributed by atoms with Crippen LogP contribution in [0.25, 0.3) is 0 Å². The molecule has 1 aromatic carbocycles. The van der Waals surface area contributed by atoms with Crippen LogP contribution in [0.4, 0.5) is 0 Å². The van der Waals surface area contributed by atoms with Crippen LogP contribution in [0.5, 0.6) is 5.75 Å². The lowest BCUT2D eigenvalue weighted by molar-refractivity contribution is 0.0941. The summed E-state index contributed by atoms with van der Waals surface area (Å²) in [6, 6.07) is 7.29. The fraction of sp³-hybridized carbons (Fsp3) is 0.471. The molecule has 112 valence electrons. The van der Waals surface area contributed by atoms with Gasteiger partial charge in [0.15, 0.2) is 0 Å². The lowest BCUT2D eigenvalue weighted by Crippen LogP contribution is -2.32. The summed E-state index contributed by atoms with van der Waals surface area (Å²) in [5, 5.41) is 12.0. The van der Waals surface area contributed by atoms with Crippen molar-refractivity contribution < 1.29 is 14.6 Å². The number of amides is 1. The number of hydrogen-bond acceptors (Lipinski definition) is 3. The smallest absolute Gasteiger partial charge is 0.251 e. The van der Waals surface area contributed by atoms with Crippen molar-refractivity contribution in [3.8, 4) is 5.75 Å². The number of benzene rings is 1. The number of rotatable bonds is 6. The molecule has 2 aliphatic carbocycles. The lowest BCUT2D eigenvalue weighted by Gasteiger charge is -2.13. The summed E-state index contributed by atoms with van der Waals surface area (Å²) in [4.78, 5) is 12.1. The van der Waals surface area contributed by atoms with E-state index in [1.807, 2.05) is 24.3 Å². The molecule has 2 aliphatic rings. The Balaban J connectivity index is 1.51. The first-order valence-electron chi connectivity index (χ1n) is 7.57. The zero-order valence-electron chi connectivity index (χ0n) is 12.0. The molecule has 4 heteroatoms. The summed E-state index contributed by atoms with van der Waals surface area (Å²) in [5.74, 6) is 1.62. The zero-order valence-corrected chi connectivity index (χ0v) is 12.0. The van der Waals surface area contributed by atoms with E-state index in [-0.39, 0.29) is 24.5 Å². The maximum Gasteiger partial charge on any atom is 0.251 e. The third kappa shape index (κ3) is 3.85. The average Bonchev–Trinajstić information content (AvgIpc) is 3.24. The molecule has 3 rings (SSSR count). The Kier molecular flexibility index (Phi) is 4.25. The second kappa shape index (κ2) is 6.31. The number of hydrogen-bond donors (Lipinski definition) is 2. The van der Waals surface area contributed by atoms with Crippen LogP contribution in [-0.2, 0) is 0 Å². The van der Waals surface area contributed by atoms with Crippen LogP contribution in [0.1, 0.15) is 29.6 Å². The molecule has 0 radical (unpaired) electrons. The molecule has 0 unspecified atom stereocenters. The maximum absolute atomic E-state index is 12.1. The summed E-state index contributed by atoms with van der Waals surface area (Å²) in [5.41, 5.74) is 0.634. The van der Waals surface area contributed by atoms with E-state index in [0.29, 0.717) is 5.56 Å². The molecule has 4 nitrogen and oxygen atoms in total. The Morgan fingerprint density at radius 1 is 1.24 bits per heavy atom. The quantitative estimate of drug-likeness (QED) is 0.788. The van der Waals surface area contributed by atoms with Gasteiger partial charge in [0.2, 0.25) is 0 Å². The minimum atomic E-state index is -0.0861. The summed E-state index contributed by atoms with van der Waals surface area (Å²) < 4.78 is 5.66. The maximum atomic E-state index is 12.1. The van der Waals surface area contributed by atoms with E-state index in [9.17, 15) is 4.79 Å². The van der Waals surface area contributed by atoms with Crippen molar-refractivity contribution in [3.63, 3.8) is 0 Å². The Labute approximate surface area is 124 Å². The molecule has 0 bridgehead atoms. The number of carbonyl (C=O) groups excluding carboxylic acids is 1. The standard InChI is InChI=1S/C17H21NO3/c19-10-13-3-6-15(9-13)18-17(20)14-4-7-16(8-5-14)21-11-12-1-2-12/h3-8,12-13,15,19H,1-2,9-11H2,(H,18,20)/t13-,15+/m0/s1. The third-order valence-corrected chi connectivity index (χ3v) is 4.02. The number of aliphatic hydroxyl groups is 1. The van der Waals surface area contributed by atoms with Crippen LogP contribution in [0.3, 0.4) is 0 Å². The molecule has 1 saturated carbocycles. The summed E-state index contributed by atoms with van der Waals surface area (Å²) >= 11 is 0. The first kappa shape index (κ1) is 14.1. The molecule has 2 N–H and O–H groups in total. The fourth-order valence-corrected chi connectivity index (χ4v) is 2.47. The first-order valence-corrected chi connectivity index (χ1v) is 7.57. The van der Waals surface area contributed by atoms with E-state index in [1.165, 1.54) is 12.8 Å². The van der Waals surface area contributed by atoms with Crippen LogP contribution in [-0.4, -0.2) is 30.3 Å². The van der Waals surface area contributed by atoms with Crippen molar-refractivity contribution in [2.24, 2.45) is 11.8 Å². The van der Waals surface area contributed by atoms with Gasteiger partial charge in [-0.05, 0) is 49.4 Å². The van der Waals surface area contributed by atoms with Gasteiger partial charge in [0.1, 0.15) is 5.75 Å². The summed E-state index contributed by atoms with van der Waals surface area (Å²) in [7, 11) is 0. The van der Waals surface area contributed by atoms with Crippen molar-refractivity contribution in [1.29, 1.82) is 0 Å². The Bertz CT molecular complexity index is 519. The highest BCUT2D eigenvalue weighted by molar-refractivity contribution is 5.94. The molecule has 0 saturated heterocycles. The van der Waals surface area contributed by atoms with Gasteiger partial charge in [0.05, 0.1) is 6.61 Å². The largest absolute Gasteiger partial charge is 0.493 e. The van der Waals surface area contributed by atoms with Gasteiger partial charge < -0.3 is 15.2 Å². The fourth-order valence-electron chi connectivity index (χ4n) is 2.47. The third-order valence-electron chi connectivity index (χ3n) is 4.02. The number of carbonyl (C=O) groups is 1. The van der Waals surface area contributed by atoms with E-state index in [4.69, 9.17) is 9.84 Å². The van der Waals surface area contributed by atoms with Gasteiger partial charge in [-0.15, -0.1) is 0 Å². The van der Waals surface area contributed by atoms with Crippen molar-refractivity contribution in [1.82, 2.24) is 5.32 Å². The molecule has 1 amide bonds. The minimum Gasteiger partial charge on any atom is -0.493 e. The molecule has 0 aromatic heterocycles. The van der Waals surface area contributed by atoms with Gasteiger partial charge in [0, 0.05) is 24.1 Å². The highest BCUT2D eigenvalue weighted by Gasteiger charge is 2.22. The molecule has 0 spiro atoms. The summed E-state index contributed by atoms with van der Waals surface area (Å²) in [6.07, 6.45) is 7.21. The van der Waals surface area contributed by atoms with Crippen LogP contribution >= 0.6 is 0 Å². The van der Waals surface area contributed by atoms with Crippen molar-refractivity contribution in [2.75, 3.05) is 13.2 Å². The first-order chi connectivity index (χ1) is 10.2. The number of aliphatic hydroxyl groups excluding tert-OH is 1. The van der Waals surface area contributed by atoms with E-state index in [0.717, 1.165) is 24.7 Å². The van der Waals surface area contributed by atoms with Gasteiger partial charge in [-0.2, -0.15) is 0 Å². The monoisotopic (exact) mass is 287 g/mol. The highest BCUT2D eigenvalue weighted by Crippen LogP contribution is 2.29. The van der Waals surface area contributed by atoms with Crippen molar-refractivity contribution in [2.45, 2.75) is 25.3 Å². The Morgan fingerprint density at radius 2 is 2.00 bits per heavy atom. The Morgan fingerprint density at radius 3 is 2.62 bits per heavy atom. The normalized spacial score (nSPS) is 24.0. The van der Waals surface area contributed by atoms with Crippen molar-refractivity contribution >= 4 is 5.91 Å². The lowest BCUT2D eigenvalue weighted by atomic mass is 10.1. The predicted octanol–water partition coefficient (Wildman–Crippen LogP) is 2.14. The molecule has 1 fully saturated rings. The van der Waals surface area contributed by atoms with Gasteiger partial charge in [-0.25, -0.2) is 0 Å². The number of ether oxygens (including phenoxy) is 1. The van der Waals surface area contributed by atoms with E-state index < -0.39 is 0 Å². The van der Waals surface area contributed by atoms with Crippen LogP contribution in [0.2, 0.25) is 0 Å². The average molecular weight is 287 g/mol. The van der Waals surface area contributed by atoms with Gasteiger partial charge in [-0.1, -0.05) is 12.2 Å². The topological polar surface area (TPSA) is 58.6 Å². The second-order valence-corrected chi connectivity index (χ2v) is 5.92. The van der Waals surface area contributed by atoms with Gasteiger partial charge >= 0.3 is 0 Å². The minimum absolute atomic E-state index is 0.0143. The predicted molar refractivity (Wildman–Crippen MR) is 80.2 cm³/mol. The van der Waals surface area contributed by atoms with E-state index in [2.05, 4.69) is 5.32 Å².